The van der Waals surface area contributed by atoms with Crippen molar-refractivity contribution in [3.8, 4) is 0 Å². The zero-order chi connectivity index (χ0) is 21.6. The van der Waals surface area contributed by atoms with Crippen molar-refractivity contribution in [2.75, 3.05) is 25.0 Å². The first-order valence-electron chi connectivity index (χ1n) is 9.03. The van der Waals surface area contributed by atoms with Gasteiger partial charge in [0.2, 0.25) is 10.0 Å². The maximum atomic E-state index is 12.6. The van der Waals surface area contributed by atoms with Gasteiger partial charge in [0, 0.05) is 13.1 Å². The molecule has 29 heavy (non-hydrogen) atoms. The molecule has 0 fully saturated rings. The van der Waals surface area contributed by atoms with Crippen LogP contribution in [0.4, 0.5) is 5.69 Å². The summed E-state index contributed by atoms with van der Waals surface area (Å²) in [5.41, 5.74) is 1.22. The van der Waals surface area contributed by atoms with Gasteiger partial charge in [0.15, 0.2) is 6.61 Å². The number of halogens is 1. The summed E-state index contributed by atoms with van der Waals surface area (Å²) >= 11 is 6.09. The first-order valence-corrected chi connectivity index (χ1v) is 10.8. The van der Waals surface area contributed by atoms with E-state index in [2.05, 4.69) is 5.32 Å². The Labute approximate surface area is 175 Å². The average Bonchev–Trinajstić information content (AvgIpc) is 2.68. The summed E-state index contributed by atoms with van der Waals surface area (Å²) in [5, 5.41) is 2.66. The molecule has 0 radical (unpaired) electrons. The molecule has 1 amide bonds. The Morgan fingerprint density at radius 3 is 2.38 bits per heavy atom. The lowest BCUT2D eigenvalue weighted by Gasteiger charge is -2.19. The standard InChI is InChI=1S/C20H23ClN2O5S/c1-4-23(5-2)29(26,27)15-10-11-17(21)18(12-15)22-19(24)13-28-20(25)16-9-7-6-8-14(16)3/h6-12H,4-5,13H2,1-3H3,(H,22,24). The van der Waals surface area contributed by atoms with Crippen molar-refractivity contribution in [2.45, 2.75) is 25.7 Å². The molecule has 0 aromatic heterocycles. The first-order chi connectivity index (χ1) is 13.7. The van der Waals surface area contributed by atoms with Gasteiger partial charge in [0.1, 0.15) is 0 Å². The Morgan fingerprint density at radius 2 is 1.76 bits per heavy atom. The molecule has 0 atom stereocenters. The van der Waals surface area contributed by atoms with Gasteiger partial charge in [-0.2, -0.15) is 4.31 Å². The quantitative estimate of drug-likeness (QED) is 0.637. The van der Waals surface area contributed by atoms with Crippen LogP contribution in [0.1, 0.15) is 29.8 Å². The summed E-state index contributed by atoms with van der Waals surface area (Å²) in [6, 6.07) is 10.9. The fourth-order valence-electron chi connectivity index (χ4n) is 2.67. The number of amides is 1. The highest BCUT2D eigenvalue weighted by molar-refractivity contribution is 7.89. The molecular weight excluding hydrogens is 416 g/mol. The molecule has 2 aromatic rings. The summed E-state index contributed by atoms with van der Waals surface area (Å²) in [4.78, 5) is 24.3. The Morgan fingerprint density at radius 1 is 1.10 bits per heavy atom. The van der Waals surface area contributed by atoms with Gasteiger partial charge in [-0.15, -0.1) is 0 Å². The number of carbonyl (C=O) groups is 2. The summed E-state index contributed by atoms with van der Waals surface area (Å²) in [7, 11) is -3.70. The maximum Gasteiger partial charge on any atom is 0.338 e. The van der Waals surface area contributed by atoms with Gasteiger partial charge in [0.05, 0.1) is 21.2 Å². The fourth-order valence-corrected chi connectivity index (χ4v) is 4.32. The van der Waals surface area contributed by atoms with E-state index in [1.165, 1.54) is 22.5 Å². The van der Waals surface area contributed by atoms with E-state index in [1.807, 2.05) is 0 Å². The molecule has 2 rings (SSSR count). The predicted octanol–water partition coefficient (Wildman–Crippen LogP) is 3.47. The number of nitrogens with zero attached hydrogens (tertiary/aromatic N) is 1. The molecule has 0 aliphatic rings. The minimum atomic E-state index is -3.70. The number of ether oxygens (including phenoxy) is 1. The van der Waals surface area contributed by atoms with Crippen molar-refractivity contribution in [1.82, 2.24) is 4.31 Å². The Hall–Kier alpha value is -2.42. The van der Waals surface area contributed by atoms with E-state index in [9.17, 15) is 18.0 Å². The van der Waals surface area contributed by atoms with Gasteiger partial charge in [-0.3, -0.25) is 4.79 Å². The van der Waals surface area contributed by atoms with Crippen LogP contribution in [-0.2, 0) is 19.6 Å². The number of benzene rings is 2. The summed E-state index contributed by atoms with van der Waals surface area (Å²) in [6.45, 7) is 5.34. The van der Waals surface area contributed by atoms with E-state index in [0.29, 0.717) is 18.7 Å². The van der Waals surface area contributed by atoms with Gasteiger partial charge in [-0.1, -0.05) is 43.6 Å². The zero-order valence-electron chi connectivity index (χ0n) is 16.4. The number of sulfonamides is 1. The molecule has 156 valence electrons. The number of aryl methyl sites for hydroxylation is 1. The molecule has 0 heterocycles. The van der Waals surface area contributed by atoms with E-state index >= 15 is 0 Å². The van der Waals surface area contributed by atoms with Crippen molar-refractivity contribution in [2.24, 2.45) is 0 Å². The number of hydrogen-bond acceptors (Lipinski definition) is 5. The minimum absolute atomic E-state index is 0.0119. The number of carbonyl (C=O) groups excluding carboxylic acids is 2. The molecule has 0 bridgehead atoms. The van der Waals surface area contributed by atoms with Crippen molar-refractivity contribution < 1.29 is 22.7 Å². The largest absolute Gasteiger partial charge is 0.452 e. The molecule has 1 N–H and O–H groups in total. The lowest BCUT2D eigenvalue weighted by Crippen LogP contribution is -2.30. The number of nitrogens with one attached hydrogen (secondary N) is 1. The number of rotatable bonds is 8. The molecule has 0 saturated carbocycles. The Balaban J connectivity index is 2.10. The second kappa shape index (κ2) is 9.87. The van der Waals surface area contributed by atoms with Crippen LogP contribution < -0.4 is 5.32 Å². The third-order valence-electron chi connectivity index (χ3n) is 4.25. The van der Waals surface area contributed by atoms with Gasteiger partial charge in [0.25, 0.3) is 5.91 Å². The Bertz CT molecular complexity index is 1000. The topological polar surface area (TPSA) is 92.8 Å². The predicted molar refractivity (Wildman–Crippen MR) is 112 cm³/mol. The van der Waals surface area contributed by atoms with Gasteiger partial charge in [-0.25, -0.2) is 13.2 Å². The Kier molecular flexibility index (Phi) is 7.78. The van der Waals surface area contributed by atoms with Crippen LogP contribution in [0.15, 0.2) is 47.4 Å². The zero-order valence-corrected chi connectivity index (χ0v) is 18.0. The van der Waals surface area contributed by atoms with Crippen LogP contribution >= 0.6 is 11.6 Å². The molecular formula is C20H23ClN2O5S. The molecule has 0 aliphatic carbocycles. The SMILES string of the molecule is CCN(CC)S(=O)(=O)c1ccc(Cl)c(NC(=O)COC(=O)c2ccccc2C)c1. The lowest BCUT2D eigenvalue weighted by molar-refractivity contribution is -0.119. The number of esters is 1. The van der Waals surface area contributed by atoms with Crippen LogP contribution in [0.3, 0.4) is 0 Å². The summed E-state index contributed by atoms with van der Waals surface area (Å²) < 4.78 is 31.6. The average molecular weight is 439 g/mol. The molecule has 7 nitrogen and oxygen atoms in total. The monoisotopic (exact) mass is 438 g/mol. The van der Waals surface area contributed by atoms with E-state index < -0.39 is 28.5 Å². The molecule has 2 aromatic carbocycles. The minimum Gasteiger partial charge on any atom is -0.452 e. The molecule has 0 unspecified atom stereocenters. The third-order valence-corrected chi connectivity index (χ3v) is 6.63. The van der Waals surface area contributed by atoms with Crippen molar-refractivity contribution in [3.63, 3.8) is 0 Å². The third kappa shape index (κ3) is 5.56. The van der Waals surface area contributed by atoms with E-state index in [4.69, 9.17) is 16.3 Å². The van der Waals surface area contributed by atoms with Crippen LogP contribution in [-0.4, -0.2) is 44.3 Å². The summed E-state index contributed by atoms with van der Waals surface area (Å²) in [5.74, 6) is -1.26. The fraction of sp³-hybridized carbons (Fsp3) is 0.300. The second-order valence-corrected chi connectivity index (χ2v) is 8.52. The highest BCUT2D eigenvalue weighted by Crippen LogP contribution is 2.27. The van der Waals surface area contributed by atoms with E-state index in [1.54, 1.807) is 45.0 Å². The van der Waals surface area contributed by atoms with Crippen LogP contribution in [0.5, 0.6) is 0 Å². The van der Waals surface area contributed by atoms with E-state index in [0.717, 1.165) is 5.56 Å². The van der Waals surface area contributed by atoms with Gasteiger partial charge in [-0.05, 0) is 36.8 Å². The van der Waals surface area contributed by atoms with Gasteiger partial charge >= 0.3 is 5.97 Å². The van der Waals surface area contributed by atoms with Gasteiger partial charge < -0.3 is 10.1 Å². The first kappa shape index (κ1) is 22.9. The molecule has 9 heteroatoms. The van der Waals surface area contributed by atoms with Crippen LogP contribution in [0.25, 0.3) is 0 Å². The maximum absolute atomic E-state index is 12.6. The van der Waals surface area contributed by atoms with Crippen LogP contribution in [0.2, 0.25) is 5.02 Å². The van der Waals surface area contributed by atoms with E-state index in [-0.39, 0.29) is 15.6 Å². The second-order valence-electron chi connectivity index (χ2n) is 6.17. The normalized spacial score (nSPS) is 11.3. The molecule has 0 saturated heterocycles. The van der Waals surface area contributed by atoms with Crippen molar-refractivity contribution in [1.29, 1.82) is 0 Å². The summed E-state index contributed by atoms with van der Waals surface area (Å²) in [6.07, 6.45) is 0. The van der Waals surface area contributed by atoms with Crippen LogP contribution in [0, 0.1) is 6.92 Å². The highest BCUT2D eigenvalue weighted by Gasteiger charge is 2.23. The molecule has 0 aliphatic heterocycles. The smallest absolute Gasteiger partial charge is 0.338 e. The number of hydrogen-bond donors (Lipinski definition) is 1. The highest BCUT2D eigenvalue weighted by atomic mass is 35.5. The number of anilines is 1. The molecule has 0 spiro atoms. The van der Waals surface area contributed by atoms with Crippen molar-refractivity contribution in [3.05, 3.63) is 58.6 Å². The van der Waals surface area contributed by atoms with Crippen molar-refractivity contribution >= 4 is 39.2 Å². The lowest BCUT2D eigenvalue weighted by atomic mass is 10.1.